The van der Waals surface area contributed by atoms with Gasteiger partial charge in [-0.2, -0.15) is 0 Å². The van der Waals surface area contributed by atoms with Gasteiger partial charge in [-0.25, -0.2) is 4.98 Å². The smallest absolute Gasteiger partial charge is 0.257 e. The quantitative estimate of drug-likeness (QED) is 0.541. The highest BCUT2D eigenvalue weighted by atomic mass is 32.2. The van der Waals surface area contributed by atoms with Crippen molar-refractivity contribution in [1.82, 2.24) is 4.98 Å². The molecule has 0 saturated carbocycles. The SMILES string of the molecule is CCOc1ccc(-c2csc(NC(=O)c3cccc(SCC)c3)n2)cc1. The van der Waals surface area contributed by atoms with Crippen LogP contribution in [0.2, 0.25) is 0 Å². The lowest BCUT2D eigenvalue weighted by molar-refractivity contribution is 0.102. The number of benzene rings is 2. The second kappa shape index (κ2) is 8.87. The second-order valence-corrected chi connectivity index (χ2v) is 7.61. The number of nitrogens with one attached hydrogen (secondary N) is 1. The topological polar surface area (TPSA) is 51.2 Å². The number of aromatic nitrogens is 1. The zero-order valence-electron chi connectivity index (χ0n) is 14.7. The number of thiazole rings is 1. The molecule has 0 unspecified atom stereocenters. The van der Waals surface area contributed by atoms with Crippen molar-refractivity contribution >= 4 is 34.1 Å². The lowest BCUT2D eigenvalue weighted by atomic mass is 10.2. The van der Waals surface area contributed by atoms with Crippen LogP contribution in [-0.2, 0) is 0 Å². The summed E-state index contributed by atoms with van der Waals surface area (Å²) in [5.74, 6) is 1.67. The molecule has 0 fully saturated rings. The monoisotopic (exact) mass is 384 g/mol. The van der Waals surface area contributed by atoms with Gasteiger partial charge in [0, 0.05) is 21.4 Å². The highest BCUT2D eigenvalue weighted by Crippen LogP contribution is 2.27. The van der Waals surface area contributed by atoms with Gasteiger partial charge in [-0.3, -0.25) is 10.1 Å². The lowest BCUT2D eigenvalue weighted by Gasteiger charge is -2.04. The molecule has 0 radical (unpaired) electrons. The van der Waals surface area contributed by atoms with Crippen LogP contribution in [0.5, 0.6) is 5.75 Å². The zero-order valence-corrected chi connectivity index (χ0v) is 16.3. The minimum atomic E-state index is -0.142. The Morgan fingerprint density at radius 3 is 2.73 bits per heavy atom. The molecule has 3 rings (SSSR count). The molecule has 1 heterocycles. The number of anilines is 1. The molecule has 1 aromatic heterocycles. The van der Waals surface area contributed by atoms with Crippen LogP contribution < -0.4 is 10.1 Å². The van der Waals surface area contributed by atoms with E-state index >= 15 is 0 Å². The Morgan fingerprint density at radius 2 is 2.00 bits per heavy atom. The Balaban J connectivity index is 1.69. The van der Waals surface area contributed by atoms with E-state index in [2.05, 4.69) is 17.2 Å². The number of carbonyl (C=O) groups is 1. The lowest BCUT2D eigenvalue weighted by Crippen LogP contribution is -2.11. The van der Waals surface area contributed by atoms with Gasteiger partial charge in [-0.05, 0) is 55.1 Å². The number of amides is 1. The number of rotatable bonds is 7. The number of thioether (sulfide) groups is 1. The Morgan fingerprint density at radius 1 is 1.19 bits per heavy atom. The molecule has 3 aromatic rings. The largest absolute Gasteiger partial charge is 0.494 e. The van der Waals surface area contributed by atoms with E-state index in [1.165, 1.54) is 11.3 Å². The summed E-state index contributed by atoms with van der Waals surface area (Å²) in [6.45, 7) is 4.69. The van der Waals surface area contributed by atoms with Gasteiger partial charge in [0.15, 0.2) is 5.13 Å². The normalized spacial score (nSPS) is 10.5. The van der Waals surface area contributed by atoms with Crippen molar-refractivity contribution in [1.29, 1.82) is 0 Å². The number of carbonyl (C=O) groups excluding carboxylic acids is 1. The molecule has 0 bridgehead atoms. The van der Waals surface area contributed by atoms with E-state index in [9.17, 15) is 4.79 Å². The second-order valence-electron chi connectivity index (χ2n) is 5.41. The van der Waals surface area contributed by atoms with E-state index in [1.54, 1.807) is 11.8 Å². The summed E-state index contributed by atoms with van der Waals surface area (Å²) >= 11 is 3.13. The van der Waals surface area contributed by atoms with Gasteiger partial charge in [-0.1, -0.05) is 13.0 Å². The molecule has 0 aliphatic carbocycles. The van der Waals surface area contributed by atoms with E-state index < -0.39 is 0 Å². The molecule has 0 saturated heterocycles. The third kappa shape index (κ3) is 4.65. The van der Waals surface area contributed by atoms with Gasteiger partial charge < -0.3 is 4.74 Å². The average Bonchev–Trinajstić information content (AvgIpc) is 3.11. The first kappa shape index (κ1) is 18.5. The van der Waals surface area contributed by atoms with Crippen molar-refractivity contribution in [3.05, 3.63) is 59.5 Å². The van der Waals surface area contributed by atoms with Gasteiger partial charge in [-0.15, -0.1) is 23.1 Å². The molecule has 26 heavy (non-hydrogen) atoms. The van der Waals surface area contributed by atoms with Crippen LogP contribution >= 0.6 is 23.1 Å². The molecule has 0 atom stereocenters. The number of hydrogen-bond acceptors (Lipinski definition) is 5. The Bertz CT molecular complexity index is 876. The van der Waals surface area contributed by atoms with Gasteiger partial charge in [0.05, 0.1) is 12.3 Å². The average molecular weight is 385 g/mol. The van der Waals surface area contributed by atoms with Crippen LogP contribution in [0.1, 0.15) is 24.2 Å². The molecule has 1 N–H and O–H groups in total. The molecule has 4 nitrogen and oxygen atoms in total. The number of hydrogen-bond donors (Lipinski definition) is 1. The predicted octanol–water partition coefficient (Wildman–Crippen LogP) is 5.57. The fourth-order valence-corrected chi connectivity index (χ4v) is 3.85. The highest BCUT2D eigenvalue weighted by molar-refractivity contribution is 7.99. The molecule has 0 spiro atoms. The summed E-state index contributed by atoms with van der Waals surface area (Å²) in [4.78, 5) is 18.1. The Hall–Kier alpha value is -2.31. The van der Waals surface area contributed by atoms with E-state index in [1.807, 2.05) is 60.8 Å². The Kier molecular flexibility index (Phi) is 6.30. The molecule has 0 aliphatic heterocycles. The van der Waals surface area contributed by atoms with Crippen molar-refractivity contribution in [2.45, 2.75) is 18.7 Å². The van der Waals surface area contributed by atoms with Gasteiger partial charge >= 0.3 is 0 Å². The van der Waals surface area contributed by atoms with Crippen LogP contribution in [0.15, 0.2) is 58.8 Å². The maximum atomic E-state index is 12.5. The fourth-order valence-electron chi connectivity index (χ4n) is 2.42. The number of nitrogens with zero attached hydrogens (tertiary/aromatic N) is 1. The van der Waals surface area contributed by atoms with E-state index in [4.69, 9.17) is 4.74 Å². The van der Waals surface area contributed by atoms with Crippen molar-refractivity contribution in [3.8, 4) is 17.0 Å². The summed E-state index contributed by atoms with van der Waals surface area (Å²) in [6.07, 6.45) is 0. The summed E-state index contributed by atoms with van der Waals surface area (Å²) < 4.78 is 5.45. The number of ether oxygens (including phenoxy) is 1. The maximum Gasteiger partial charge on any atom is 0.257 e. The first-order chi connectivity index (χ1) is 12.7. The minimum Gasteiger partial charge on any atom is -0.494 e. The molecule has 2 aromatic carbocycles. The van der Waals surface area contributed by atoms with Crippen LogP contribution in [0.4, 0.5) is 5.13 Å². The summed E-state index contributed by atoms with van der Waals surface area (Å²) in [7, 11) is 0. The molecule has 0 aliphatic rings. The summed E-state index contributed by atoms with van der Waals surface area (Å²) in [6, 6.07) is 15.4. The third-order valence-corrected chi connectivity index (χ3v) is 5.23. The molecular formula is C20H20N2O2S2. The van der Waals surface area contributed by atoms with Gasteiger partial charge in [0.1, 0.15) is 5.75 Å². The first-order valence-corrected chi connectivity index (χ1v) is 10.3. The standard InChI is InChI=1S/C20H20N2O2S2/c1-3-24-16-10-8-14(9-11-16)18-13-26-20(21-18)22-19(23)15-6-5-7-17(12-15)25-4-2/h5-13H,3-4H2,1-2H3,(H,21,22,23). The summed E-state index contributed by atoms with van der Waals surface area (Å²) in [5.41, 5.74) is 2.47. The van der Waals surface area contributed by atoms with Crippen molar-refractivity contribution in [2.24, 2.45) is 0 Å². The zero-order chi connectivity index (χ0) is 18.4. The van der Waals surface area contributed by atoms with E-state index in [0.29, 0.717) is 17.3 Å². The summed E-state index contributed by atoms with van der Waals surface area (Å²) in [5, 5.41) is 5.41. The molecule has 1 amide bonds. The van der Waals surface area contributed by atoms with E-state index in [-0.39, 0.29) is 5.91 Å². The molecular weight excluding hydrogens is 364 g/mol. The highest BCUT2D eigenvalue weighted by Gasteiger charge is 2.11. The van der Waals surface area contributed by atoms with Crippen LogP contribution in [0, 0.1) is 0 Å². The third-order valence-electron chi connectivity index (χ3n) is 3.59. The van der Waals surface area contributed by atoms with Gasteiger partial charge in [0.25, 0.3) is 5.91 Å². The minimum absolute atomic E-state index is 0.142. The maximum absolute atomic E-state index is 12.5. The Labute approximate surface area is 161 Å². The fraction of sp³-hybridized carbons (Fsp3) is 0.200. The predicted molar refractivity (Wildman–Crippen MR) is 110 cm³/mol. The van der Waals surface area contributed by atoms with E-state index in [0.717, 1.165) is 27.7 Å². The van der Waals surface area contributed by atoms with Gasteiger partial charge in [0.2, 0.25) is 0 Å². The first-order valence-electron chi connectivity index (χ1n) is 8.42. The van der Waals surface area contributed by atoms with Crippen LogP contribution in [0.3, 0.4) is 0 Å². The van der Waals surface area contributed by atoms with Crippen LogP contribution in [0.25, 0.3) is 11.3 Å². The van der Waals surface area contributed by atoms with Crippen molar-refractivity contribution < 1.29 is 9.53 Å². The van der Waals surface area contributed by atoms with Crippen molar-refractivity contribution in [2.75, 3.05) is 17.7 Å². The van der Waals surface area contributed by atoms with Crippen LogP contribution in [-0.4, -0.2) is 23.3 Å². The molecule has 134 valence electrons. The van der Waals surface area contributed by atoms with Crippen molar-refractivity contribution in [3.63, 3.8) is 0 Å². The molecule has 6 heteroatoms.